The van der Waals surface area contributed by atoms with Crippen molar-refractivity contribution < 1.29 is 4.79 Å². The molecule has 9 heavy (non-hydrogen) atoms. The minimum absolute atomic E-state index is 0.168. The van der Waals surface area contributed by atoms with Crippen molar-refractivity contribution in [2.75, 3.05) is 0 Å². The lowest BCUT2D eigenvalue weighted by atomic mass is 10.1. The van der Waals surface area contributed by atoms with Gasteiger partial charge in [0.1, 0.15) is 6.29 Å². The molecule has 0 aliphatic heterocycles. The Hall–Kier alpha value is -0.630. The fraction of sp³-hybridized carbons (Fsp3) is 0.571. The molecule has 0 amide bonds. The number of hydrogen-bond acceptors (Lipinski definition) is 2. The molecule has 0 aromatic heterocycles. The summed E-state index contributed by atoms with van der Waals surface area (Å²) < 4.78 is 0. The molecule has 0 aliphatic carbocycles. The van der Waals surface area contributed by atoms with Crippen molar-refractivity contribution in [3.05, 3.63) is 12.2 Å². The van der Waals surface area contributed by atoms with Crippen LogP contribution in [0, 0.1) is 0 Å². The van der Waals surface area contributed by atoms with Crippen LogP contribution in [0.15, 0.2) is 12.2 Å². The lowest BCUT2D eigenvalue weighted by Gasteiger charge is -2.01. The molecule has 1 atom stereocenters. The zero-order chi connectivity index (χ0) is 7.28. The molecule has 0 radical (unpaired) electrons. The Morgan fingerprint density at radius 2 is 2.44 bits per heavy atom. The summed E-state index contributed by atoms with van der Waals surface area (Å²) in [5, 5.41) is 0. The molecule has 0 aliphatic rings. The van der Waals surface area contributed by atoms with Gasteiger partial charge in [0.15, 0.2) is 0 Å². The van der Waals surface area contributed by atoms with Crippen LogP contribution in [0.4, 0.5) is 0 Å². The third kappa shape index (κ3) is 5.24. The molecule has 0 aromatic carbocycles. The van der Waals surface area contributed by atoms with Gasteiger partial charge in [-0.3, -0.25) is 4.79 Å². The fourth-order valence-electron chi connectivity index (χ4n) is 0.472. The standard InChI is InChI=1S/C7H13NO/c1-6(5-9)3-4-7(2)8/h5,7H,1,3-4,8H2,2H3. The van der Waals surface area contributed by atoms with Crippen LogP contribution in [-0.2, 0) is 4.79 Å². The summed E-state index contributed by atoms with van der Waals surface area (Å²) in [6, 6.07) is 0.168. The van der Waals surface area contributed by atoms with Crippen molar-refractivity contribution in [1.82, 2.24) is 0 Å². The number of allylic oxidation sites excluding steroid dienone is 1. The number of rotatable bonds is 4. The van der Waals surface area contributed by atoms with Crippen molar-refractivity contribution in [3.63, 3.8) is 0 Å². The van der Waals surface area contributed by atoms with Gasteiger partial charge in [-0.05, 0) is 25.3 Å². The predicted molar refractivity (Wildman–Crippen MR) is 38.1 cm³/mol. The molecule has 0 saturated carbocycles. The molecule has 2 nitrogen and oxygen atoms in total. The van der Waals surface area contributed by atoms with Gasteiger partial charge in [0.05, 0.1) is 0 Å². The summed E-state index contributed by atoms with van der Waals surface area (Å²) in [6.45, 7) is 5.44. The maximum atomic E-state index is 9.98. The Morgan fingerprint density at radius 1 is 1.89 bits per heavy atom. The number of carbonyl (C=O) groups excluding carboxylic acids is 1. The second-order valence-corrected chi connectivity index (χ2v) is 2.29. The highest BCUT2D eigenvalue weighted by Gasteiger charge is 1.94. The molecule has 0 bridgehead atoms. The molecule has 1 unspecified atom stereocenters. The van der Waals surface area contributed by atoms with Crippen LogP contribution in [0.2, 0.25) is 0 Å². The fourth-order valence-corrected chi connectivity index (χ4v) is 0.472. The SMILES string of the molecule is C=C(C=O)CCC(C)N. The maximum Gasteiger partial charge on any atom is 0.145 e. The molecule has 0 heterocycles. The molecular weight excluding hydrogens is 114 g/mol. The van der Waals surface area contributed by atoms with Crippen LogP contribution >= 0.6 is 0 Å². The molecule has 0 rings (SSSR count). The normalized spacial score (nSPS) is 12.7. The molecule has 2 heteroatoms. The minimum Gasteiger partial charge on any atom is -0.328 e. The van der Waals surface area contributed by atoms with Gasteiger partial charge in [-0.25, -0.2) is 0 Å². The van der Waals surface area contributed by atoms with Crippen molar-refractivity contribution >= 4 is 6.29 Å². The van der Waals surface area contributed by atoms with Crippen molar-refractivity contribution in [3.8, 4) is 0 Å². The summed E-state index contributed by atoms with van der Waals surface area (Å²) in [4.78, 5) is 9.98. The largest absolute Gasteiger partial charge is 0.328 e. The summed E-state index contributed by atoms with van der Waals surface area (Å²) >= 11 is 0. The van der Waals surface area contributed by atoms with E-state index in [2.05, 4.69) is 6.58 Å². The molecule has 0 aromatic rings. The zero-order valence-electron chi connectivity index (χ0n) is 5.76. The number of aldehydes is 1. The average molecular weight is 127 g/mol. The molecular formula is C7H13NO. The third-order valence-corrected chi connectivity index (χ3v) is 1.09. The first-order valence-electron chi connectivity index (χ1n) is 3.05. The first kappa shape index (κ1) is 8.37. The second-order valence-electron chi connectivity index (χ2n) is 2.29. The number of nitrogens with two attached hydrogens (primary N) is 1. The summed E-state index contributed by atoms with van der Waals surface area (Å²) in [5.41, 5.74) is 6.07. The Kier molecular flexibility index (Phi) is 3.97. The summed E-state index contributed by atoms with van der Waals surface area (Å²) in [6.07, 6.45) is 2.35. The van der Waals surface area contributed by atoms with E-state index < -0.39 is 0 Å². The quantitative estimate of drug-likeness (QED) is 0.449. The first-order valence-corrected chi connectivity index (χ1v) is 3.05. The van der Waals surface area contributed by atoms with Gasteiger partial charge in [0.2, 0.25) is 0 Å². The lowest BCUT2D eigenvalue weighted by Crippen LogP contribution is -2.14. The van der Waals surface area contributed by atoms with Crippen molar-refractivity contribution in [2.45, 2.75) is 25.8 Å². The zero-order valence-corrected chi connectivity index (χ0v) is 5.76. The lowest BCUT2D eigenvalue weighted by molar-refractivity contribution is -0.105. The van der Waals surface area contributed by atoms with Crippen molar-refractivity contribution in [2.24, 2.45) is 5.73 Å². The highest BCUT2D eigenvalue weighted by molar-refractivity contribution is 5.71. The molecule has 0 saturated heterocycles. The number of carbonyl (C=O) groups is 1. The van der Waals surface area contributed by atoms with Crippen LogP contribution < -0.4 is 5.73 Å². The van der Waals surface area contributed by atoms with E-state index in [1.54, 1.807) is 0 Å². The van der Waals surface area contributed by atoms with Gasteiger partial charge in [-0.2, -0.15) is 0 Å². The van der Waals surface area contributed by atoms with E-state index in [1.807, 2.05) is 6.92 Å². The van der Waals surface area contributed by atoms with Crippen LogP contribution in [0.1, 0.15) is 19.8 Å². The van der Waals surface area contributed by atoms with Crippen molar-refractivity contribution in [1.29, 1.82) is 0 Å². The average Bonchev–Trinajstić information content (AvgIpc) is 1.83. The molecule has 0 spiro atoms. The second kappa shape index (κ2) is 4.27. The van der Waals surface area contributed by atoms with E-state index in [9.17, 15) is 4.79 Å². The van der Waals surface area contributed by atoms with Crippen LogP contribution in [0.3, 0.4) is 0 Å². The van der Waals surface area contributed by atoms with E-state index in [-0.39, 0.29) is 6.04 Å². The topological polar surface area (TPSA) is 43.1 Å². The van der Waals surface area contributed by atoms with E-state index in [4.69, 9.17) is 5.73 Å². The molecule has 52 valence electrons. The maximum absolute atomic E-state index is 9.98. The summed E-state index contributed by atoms with van der Waals surface area (Å²) in [5.74, 6) is 0. The Morgan fingerprint density at radius 3 is 2.78 bits per heavy atom. The first-order chi connectivity index (χ1) is 4.16. The van der Waals surface area contributed by atoms with E-state index in [0.717, 1.165) is 19.1 Å². The Bertz CT molecular complexity index is 107. The Labute approximate surface area is 55.7 Å². The van der Waals surface area contributed by atoms with Gasteiger partial charge in [-0.15, -0.1) is 0 Å². The highest BCUT2D eigenvalue weighted by Crippen LogP contribution is 2.00. The van der Waals surface area contributed by atoms with Crippen LogP contribution in [-0.4, -0.2) is 12.3 Å². The van der Waals surface area contributed by atoms with E-state index in [0.29, 0.717) is 5.57 Å². The highest BCUT2D eigenvalue weighted by atomic mass is 16.1. The molecule has 2 N–H and O–H groups in total. The third-order valence-electron chi connectivity index (χ3n) is 1.09. The predicted octanol–water partition coefficient (Wildman–Crippen LogP) is 0.869. The van der Waals surface area contributed by atoms with E-state index in [1.165, 1.54) is 0 Å². The smallest absolute Gasteiger partial charge is 0.145 e. The monoisotopic (exact) mass is 127 g/mol. The number of hydrogen-bond donors (Lipinski definition) is 1. The van der Waals surface area contributed by atoms with Gasteiger partial charge in [-0.1, -0.05) is 6.58 Å². The van der Waals surface area contributed by atoms with Gasteiger partial charge >= 0.3 is 0 Å². The van der Waals surface area contributed by atoms with Crippen LogP contribution in [0.5, 0.6) is 0 Å². The van der Waals surface area contributed by atoms with Gasteiger partial charge in [0, 0.05) is 6.04 Å². The van der Waals surface area contributed by atoms with Gasteiger partial charge in [0.25, 0.3) is 0 Å². The minimum atomic E-state index is 0.168. The van der Waals surface area contributed by atoms with Crippen LogP contribution in [0.25, 0.3) is 0 Å². The molecule has 0 fully saturated rings. The van der Waals surface area contributed by atoms with E-state index >= 15 is 0 Å². The van der Waals surface area contributed by atoms with Gasteiger partial charge < -0.3 is 5.73 Å². The summed E-state index contributed by atoms with van der Waals surface area (Å²) in [7, 11) is 0. The Balaban J connectivity index is 3.27.